The Bertz CT molecular complexity index is 432. The molecule has 0 spiro atoms. The van der Waals surface area contributed by atoms with Crippen molar-refractivity contribution in [2.45, 2.75) is 6.92 Å². The average molecular weight is 314 g/mol. The highest BCUT2D eigenvalue weighted by atomic mass is 79.9. The van der Waals surface area contributed by atoms with E-state index in [9.17, 15) is 4.79 Å². The van der Waals surface area contributed by atoms with Gasteiger partial charge in [-0.05, 0) is 31.2 Å². The molecule has 0 unspecified atom stereocenters. The second-order valence-electron chi connectivity index (χ2n) is 3.46. The number of hydrogen-bond donors (Lipinski definition) is 2. The summed E-state index contributed by atoms with van der Waals surface area (Å²) in [6.07, 6.45) is 3.10. The lowest BCUT2D eigenvalue weighted by Crippen LogP contribution is -2.24. The summed E-state index contributed by atoms with van der Waals surface area (Å²) in [6.45, 7) is 2.66. The molecule has 0 aliphatic heterocycles. The largest absolute Gasteiger partial charge is 0.493 e. The molecule has 0 saturated carbocycles. The van der Waals surface area contributed by atoms with Gasteiger partial charge in [0, 0.05) is 22.7 Å². The van der Waals surface area contributed by atoms with Crippen LogP contribution in [-0.2, 0) is 4.79 Å². The number of carbonyl (C=O) groups excluding carboxylic acids is 1. The van der Waals surface area contributed by atoms with Crippen LogP contribution in [0, 0.1) is 0 Å². The van der Waals surface area contributed by atoms with Crippen molar-refractivity contribution in [2.24, 2.45) is 0 Å². The minimum absolute atomic E-state index is 0.0688. The zero-order valence-electron chi connectivity index (χ0n) is 10.1. The Morgan fingerprint density at radius 1 is 1.56 bits per heavy atom. The topological polar surface area (TPSA) is 58.6 Å². The van der Waals surface area contributed by atoms with Crippen LogP contribution in [0.3, 0.4) is 0 Å². The molecule has 0 aromatic heterocycles. The summed E-state index contributed by atoms with van der Waals surface area (Å²) >= 11 is 3.37. The second-order valence-corrected chi connectivity index (χ2v) is 4.38. The average Bonchev–Trinajstić information content (AvgIpc) is 2.36. The lowest BCUT2D eigenvalue weighted by atomic mass is 10.2. The Balaban J connectivity index is 2.78. The van der Waals surface area contributed by atoms with E-state index in [1.54, 1.807) is 6.08 Å². The zero-order chi connectivity index (χ0) is 13.4. The number of nitrogens with one attached hydrogen (secondary N) is 1. The van der Waals surface area contributed by atoms with Crippen LogP contribution in [0.15, 0.2) is 28.7 Å². The van der Waals surface area contributed by atoms with E-state index >= 15 is 0 Å². The van der Waals surface area contributed by atoms with Crippen LogP contribution in [0.1, 0.15) is 12.5 Å². The summed E-state index contributed by atoms with van der Waals surface area (Å²) < 4.78 is 6.38. The van der Waals surface area contributed by atoms with Gasteiger partial charge in [-0.3, -0.25) is 4.79 Å². The van der Waals surface area contributed by atoms with E-state index in [0.29, 0.717) is 6.61 Å². The molecule has 1 amide bonds. The van der Waals surface area contributed by atoms with Crippen LogP contribution in [-0.4, -0.2) is 30.8 Å². The molecule has 0 saturated heterocycles. The molecular formula is C13H16BrNO3. The van der Waals surface area contributed by atoms with E-state index in [1.807, 2.05) is 25.1 Å². The van der Waals surface area contributed by atoms with Crippen molar-refractivity contribution in [3.8, 4) is 5.75 Å². The minimum Gasteiger partial charge on any atom is -0.493 e. The van der Waals surface area contributed by atoms with Crippen molar-refractivity contribution in [3.05, 3.63) is 34.3 Å². The third-order valence-electron chi connectivity index (χ3n) is 2.10. The van der Waals surface area contributed by atoms with E-state index in [0.717, 1.165) is 15.8 Å². The maximum atomic E-state index is 11.4. The molecule has 98 valence electrons. The summed E-state index contributed by atoms with van der Waals surface area (Å²) in [7, 11) is 0. The third kappa shape index (κ3) is 4.89. The summed E-state index contributed by atoms with van der Waals surface area (Å²) in [4.78, 5) is 11.4. The van der Waals surface area contributed by atoms with E-state index in [2.05, 4.69) is 21.2 Å². The smallest absolute Gasteiger partial charge is 0.244 e. The molecule has 1 rings (SSSR count). The number of amides is 1. The van der Waals surface area contributed by atoms with Gasteiger partial charge in [0.25, 0.3) is 0 Å². The van der Waals surface area contributed by atoms with Gasteiger partial charge in [0.05, 0.1) is 13.2 Å². The van der Waals surface area contributed by atoms with Gasteiger partial charge in [0.1, 0.15) is 5.75 Å². The second kappa shape index (κ2) is 7.89. The van der Waals surface area contributed by atoms with Crippen molar-refractivity contribution >= 4 is 27.9 Å². The standard InChI is InChI=1S/C13H16BrNO3/c1-2-18-12-5-4-11(14)9-10(12)3-6-13(17)15-7-8-16/h3-6,9,16H,2,7-8H2,1H3,(H,15,17). The number of rotatable bonds is 6. The molecule has 0 heterocycles. The van der Waals surface area contributed by atoms with Gasteiger partial charge in [0.2, 0.25) is 5.91 Å². The van der Waals surface area contributed by atoms with Gasteiger partial charge in [-0.1, -0.05) is 15.9 Å². The molecule has 18 heavy (non-hydrogen) atoms. The highest BCUT2D eigenvalue weighted by Gasteiger charge is 2.02. The van der Waals surface area contributed by atoms with E-state index < -0.39 is 0 Å². The lowest BCUT2D eigenvalue weighted by Gasteiger charge is -2.07. The Morgan fingerprint density at radius 3 is 3.00 bits per heavy atom. The quantitative estimate of drug-likeness (QED) is 0.789. The molecule has 0 fully saturated rings. The molecule has 0 aliphatic rings. The molecular weight excluding hydrogens is 298 g/mol. The molecule has 4 nitrogen and oxygen atoms in total. The molecule has 0 bridgehead atoms. The van der Waals surface area contributed by atoms with Gasteiger partial charge >= 0.3 is 0 Å². The summed E-state index contributed by atoms with van der Waals surface area (Å²) in [5.74, 6) is 0.485. The first-order chi connectivity index (χ1) is 8.67. The Kier molecular flexibility index (Phi) is 6.46. The fourth-order valence-electron chi connectivity index (χ4n) is 1.34. The molecule has 0 aliphatic carbocycles. The van der Waals surface area contributed by atoms with Gasteiger partial charge in [-0.2, -0.15) is 0 Å². The highest BCUT2D eigenvalue weighted by molar-refractivity contribution is 9.10. The molecule has 2 N–H and O–H groups in total. The number of aliphatic hydroxyl groups excluding tert-OH is 1. The van der Waals surface area contributed by atoms with E-state index in [-0.39, 0.29) is 19.1 Å². The van der Waals surface area contributed by atoms with E-state index in [4.69, 9.17) is 9.84 Å². The molecule has 5 heteroatoms. The maximum absolute atomic E-state index is 11.4. The first kappa shape index (κ1) is 14.7. The van der Waals surface area contributed by atoms with Crippen LogP contribution < -0.4 is 10.1 Å². The van der Waals surface area contributed by atoms with Crippen LogP contribution in [0.2, 0.25) is 0 Å². The van der Waals surface area contributed by atoms with Crippen molar-refractivity contribution < 1.29 is 14.6 Å². The van der Waals surface area contributed by atoms with Gasteiger partial charge in [-0.25, -0.2) is 0 Å². The molecule has 0 radical (unpaired) electrons. The van der Waals surface area contributed by atoms with Crippen LogP contribution in [0.5, 0.6) is 5.75 Å². The molecule has 1 aromatic carbocycles. The SMILES string of the molecule is CCOc1ccc(Br)cc1C=CC(=O)NCCO. The number of ether oxygens (including phenoxy) is 1. The van der Waals surface area contributed by atoms with Crippen LogP contribution in [0.25, 0.3) is 6.08 Å². The van der Waals surface area contributed by atoms with Crippen molar-refractivity contribution in [3.63, 3.8) is 0 Å². The van der Waals surface area contributed by atoms with Crippen LogP contribution in [0.4, 0.5) is 0 Å². The zero-order valence-corrected chi connectivity index (χ0v) is 11.7. The lowest BCUT2D eigenvalue weighted by molar-refractivity contribution is -0.116. The fraction of sp³-hybridized carbons (Fsp3) is 0.308. The van der Waals surface area contributed by atoms with Crippen molar-refractivity contribution in [2.75, 3.05) is 19.8 Å². The monoisotopic (exact) mass is 313 g/mol. The predicted molar refractivity (Wildman–Crippen MR) is 74.4 cm³/mol. The highest BCUT2D eigenvalue weighted by Crippen LogP contribution is 2.24. The third-order valence-corrected chi connectivity index (χ3v) is 2.59. The number of hydrogen-bond acceptors (Lipinski definition) is 3. The Hall–Kier alpha value is -1.33. The number of halogens is 1. The number of benzene rings is 1. The van der Waals surface area contributed by atoms with Crippen molar-refractivity contribution in [1.29, 1.82) is 0 Å². The van der Waals surface area contributed by atoms with Gasteiger partial charge < -0.3 is 15.2 Å². The summed E-state index contributed by atoms with van der Waals surface area (Å²) in [5, 5.41) is 11.1. The fourth-order valence-corrected chi connectivity index (χ4v) is 1.72. The van der Waals surface area contributed by atoms with Gasteiger partial charge in [0.15, 0.2) is 0 Å². The minimum atomic E-state index is -0.244. The van der Waals surface area contributed by atoms with Crippen LogP contribution >= 0.6 is 15.9 Å². The van der Waals surface area contributed by atoms with Gasteiger partial charge in [-0.15, -0.1) is 0 Å². The Morgan fingerprint density at radius 2 is 2.33 bits per heavy atom. The first-order valence-corrected chi connectivity index (χ1v) is 6.45. The number of aliphatic hydroxyl groups is 1. The first-order valence-electron chi connectivity index (χ1n) is 5.66. The summed E-state index contributed by atoms with van der Waals surface area (Å²) in [6, 6.07) is 5.61. The van der Waals surface area contributed by atoms with Crippen molar-refractivity contribution in [1.82, 2.24) is 5.32 Å². The number of carbonyl (C=O) groups is 1. The maximum Gasteiger partial charge on any atom is 0.244 e. The van der Waals surface area contributed by atoms with E-state index in [1.165, 1.54) is 6.08 Å². The molecule has 1 aromatic rings. The molecule has 0 atom stereocenters. The predicted octanol–water partition coefficient (Wildman–Crippen LogP) is 1.97. The summed E-state index contributed by atoms with van der Waals surface area (Å²) in [5.41, 5.74) is 0.824. The normalized spacial score (nSPS) is 10.6. The Labute approximate surface area is 115 Å².